The third-order valence-electron chi connectivity index (χ3n) is 5.88. The van der Waals surface area contributed by atoms with Crippen LogP contribution in [0.2, 0.25) is 0 Å². The van der Waals surface area contributed by atoms with Gasteiger partial charge in [-0.3, -0.25) is 19.2 Å². The third kappa shape index (κ3) is 2.54. The van der Waals surface area contributed by atoms with E-state index >= 15 is 0 Å². The zero-order valence-electron chi connectivity index (χ0n) is 17.6. The fraction of sp³-hybridized carbons (Fsp3) is 0.364. The quantitative estimate of drug-likeness (QED) is 0.684. The standard InChI is InChI=1S/C22H24N4O4/c1-5-23(6-2)25-19(27)13-9-11-15-18-16(12-10-14(17(13)18)20(25)28)22(30)26(21(15)29)24(7-3)8-4/h9-12H,5-8H2,1-4H3. The van der Waals surface area contributed by atoms with Crippen LogP contribution in [0.25, 0.3) is 10.8 Å². The van der Waals surface area contributed by atoms with Crippen molar-refractivity contribution in [3.8, 4) is 0 Å². The summed E-state index contributed by atoms with van der Waals surface area (Å²) in [5, 5.41) is 6.45. The number of imide groups is 2. The molecule has 4 rings (SSSR count). The van der Waals surface area contributed by atoms with E-state index in [1.807, 2.05) is 27.7 Å². The summed E-state index contributed by atoms with van der Waals surface area (Å²) in [6.45, 7) is 9.49. The van der Waals surface area contributed by atoms with Crippen LogP contribution in [0.4, 0.5) is 0 Å². The molecule has 2 aromatic carbocycles. The molecule has 4 amide bonds. The first-order valence-corrected chi connectivity index (χ1v) is 10.3. The van der Waals surface area contributed by atoms with Crippen LogP contribution in [-0.2, 0) is 0 Å². The predicted octanol–water partition coefficient (Wildman–Crippen LogP) is 2.55. The van der Waals surface area contributed by atoms with Crippen molar-refractivity contribution < 1.29 is 19.2 Å². The van der Waals surface area contributed by atoms with Crippen LogP contribution >= 0.6 is 0 Å². The van der Waals surface area contributed by atoms with Crippen LogP contribution < -0.4 is 0 Å². The van der Waals surface area contributed by atoms with Crippen molar-refractivity contribution in [3.63, 3.8) is 0 Å². The van der Waals surface area contributed by atoms with Crippen molar-refractivity contribution in [2.45, 2.75) is 27.7 Å². The van der Waals surface area contributed by atoms with Crippen LogP contribution in [0.3, 0.4) is 0 Å². The van der Waals surface area contributed by atoms with Crippen LogP contribution in [0.15, 0.2) is 24.3 Å². The molecule has 156 valence electrons. The van der Waals surface area contributed by atoms with Crippen LogP contribution in [0, 0.1) is 0 Å². The number of carbonyl (C=O) groups excluding carboxylic acids is 4. The highest BCUT2D eigenvalue weighted by Gasteiger charge is 2.42. The molecule has 2 aromatic rings. The van der Waals surface area contributed by atoms with Gasteiger partial charge in [0.2, 0.25) is 0 Å². The highest BCUT2D eigenvalue weighted by atomic mass is 16.2. The van der Waals surface area contributed by atoms with E-state index in [2.05, 4.69) is 0 Å². The number of hydrogen-bond acceptors (Lipinski definition) is 6. The zero-order valence-corrected chi connectivity index (χ0v) is 17.6. The molecule has 2 aliphatic heterocycles. The molecule has 0 fully saturated rings. The minimum Gasteiger partial charge on any atom is -0.267 e. The topological polar surface area (TPSA) is 81.2 Å². The van der Waals surface area contributed by atoms with E-state index in [1.165, 1.54) is 0 Å². The summed E-state index contributed by atoms with van der Waals surface area (Å²) in [5.74, 6) is -1.76. The second-order valence-electron chi connectivity index (χ2n) is 7.19. The lowest BCUT2D eigenvalue weighted by Gasteiger charge is -2.38. The van der Waals surface area contributed by atoms with Gasteiger partial charge in [-0.05, 0) is 24.3 Å². The maximum Gasteiger partial charge on any atom is 0.276 e. The van der Waals surface area contributed by atoms with Gasteiger partial charge in [0.15, 0.2) is 0 Å². The van der Waals surface area contributed by atoms with E-state index in [0.717, 1.165) is 10.0 Å². The zero-order chi connectivity index (χ0) is 21.7. The Morgan fingerprint density at radius 2 is 0.767 bits per heavy atom. The van der Waals surface area contributed by atoms with Gasteiger partial charge in [-0.25, -0.2) is 20.0 Å². The van der Waals surface area contributed by atoms with Gasteiger partial charge in [-0.2, -0.15) is 0 Å². The van der Waals surface area contributed by atoms with E-state index in [0.29, 0.717) is 59.2 Å². The van der Waals surface area contributed by atoms with Gasteiger partial charge in [0, 0.05) is 37.0 Å². The minimum absolute atomic E-state index is 0.328. The molecule has 30 heavy (non-hydrogen) atoms. The van der Waals surface area contributed by atoms with Gasteiger partial charge in [0.1, 0.15) is 0 Å². The lowest BCUT2D eigenvalue weighted by molar-refractivity contribution is -0.000478. The summed E-state index contributed by atoms with van der Waals surface area (Å²) in [6.07, 6.45) is 0. The lowest BCUT2D eigenvalue weighted by Crippen LogP contribution is -2.53. The molecule has 0 atom stereocenters. The average Bonchev–Trinajstić information content (AvgIpc) is 2.76. The number of hydrazine groups is 2. The molecule has 8 heteroatoms. The van der Waals surface area contributed by atoms with E-state index in [-0.39, 0.29) is 0 Å². The van der Waals surface area contributed by atoms with E-state index in [4.69, 9.17) is 0 Å². The second kappa shape index (κ2) is 7.30. The SMILES string of the molecule is CCN(CC)N1C(=O)c2ccc3c4c(ccc(c24)C1=O)C(=O)N(N(CC)CC)C3=O. The molecule has 0 bridgehead atoms. The Morgan fingerprint density at radius 1 is 0.533 bits per heavy atom. The summed E-state index contributed by atoms with van der Waals surface area (Å²) < 4.78 is 0. The smallest absolute Gasteiger partial charge is 0.267 e. The van der Waals surface area contributed by atoms with E-state index < -0.39 is 23.6 Å². The van der Waals surface area contributed by atoms with Crippen molar-refractivity contribution in [2.24, 2.45) is 0 Å². The Morgan fingerprint density at radius 3 is 0.967 bits per heavy atom. The summed E-state index contributed by atoms with van der Waals surface area (Å²) in [5.41, 5.74) is 1.31. The van der Waals surface area contributed by atoms with Crippen molar-refractivity contribution in [1.29, 1.82) is 0 Å². The fourth-order valence-electron chi connectivity index (χ4n) is 4.38. The van der Waals surface area contributed by atoms with Gasteiger partial charge in [0.05, 0.1) is 22.3 Å². The Balaban J connectivity index is 1.97. The van der Waals surface area contributed by atoms with Gasteiger partial charge in [-0.15, -0.1) is 0 Å². The van der Waals surface area contributed by atoms with Crippen LogP contribution in [-0.4, -0.2) is 69.8 Å². The van der Waals surface area contributed by atoms with Crippen LogP contribution in [0.5, 0.6) is 0 Å². The average molecular weight is 408 g/mol. The lowest BCUT2D eigenvalue weighted by atomic mass is 9.86. The van der Waals surface area contributed by atoms with Gasteiger partial charge >= 0.3 is 0 Å². The first-order valence-electron chi connectivity index (χ1n) is 10.3. The number of amides is 4. The fourth-order valence-corrected chi connectivity index (χ4v) is 4.38. The van der Waals surface area contributed by atoms with Gasteiger partial charge in [-0.1, -0.05) is 27.7 Å². The second-order valence-corrected chi connectivity index (χ2v) is 7.19. The van der Waals surface area contributed by atoms with Gasteiger partial charge < -0.3 is 0 Å². The molecule has 8 nitrogen and oxygen atoms in total. The highest BCUT2D eigenvalue weighted by molar-refractivity contribution is 6.33. The van der Waals surface area contributed by atoms with Crippen molar-refractivity contribution >= 4 is 34.4 Å². The number of hydrogen-bond donors (Lipinski definition) is 0. The summed E-state index contributed by atoms with van der Waals surface area (Å²) in [6, 6.07) is 6.35. The van der Waals surface area contributed by atoms with Crippen molar-refractivity contribution in [3.05, 3.63) is 46.5 Å². The molecular formula is C22H24N4O4. The number of rotatable bonds is 6. The summed E-state index contributed by atoms with van der Waals surface area (Å²) in [4.78, 5) is 52.8. The summed E-state index contributed by atoms with van der Waals surface area (Å²) >= 11 is 0. The summed E-state index contributed by atoms with van der Waals surface area (Å²) in [7, 11) is 0. The molecule has 2 heterocycles. The third-order valence-corrected chi connectivity index (χ3v) is 5.88. The minimum atomic E-state index is -0.439. The van der Waals surface area contributed by atoms with Crippen molar-refractivity contribution in [2.75, 3.05) is 26.2 Å². The molecule has 0 saturated carbocycles. The maximum atomic E-state index is 13.2. The monoisotopic (exact) mass is 408 g/mol. The molecule has 0 unspecified atom stereocenters. The van der Waals surface area contributed by atoms with Crippen molar-refractivity contribution in [1.82, 2.24) is 20.0 Å². The Bertz CT molecular complexity index is 945. The normalized spacial score (nSPS) is 15.9. The Labute approximate surface area is 174 Å². The molecule has 0 saturated heterocycles. The first kappa shape index (κ1) is 20.2. The van der Waals surface area contributed by atoms with E-state index in [9.17, 15) is 19.2 Å². The predicted molar refractivity (Wildman–Crippen MR) is 111 cm³/mol. The number of carbonyl (C=O) groups is 4. The molecule has 0 aliphatic carbocycles. The molecule has 0 N–H and O–H groups in total. The molecular weight excluding hydrogens is 384 g/mol. The Kier molecular flexibility index (Phi) is 4.91. The largest absolute Gasteiger partial charge is 0.276 e. The van der Waals surface area contributed by atoms with Crippen LogP contribution in [0.1, 0.15) is 69.1 Å². The molecule has 0 aromatic heterocycles. The molecule has 0 spiro atoms. The van der Waals surface area contributed by atoms with Gasteiger partial charge in [0.25, 0.3) is 23.6 Å². The number of benzene rings is 2. The number of nitrogens with zero attached hydrogens (tertiary/aromatic N) is 4. The first-order chi connectivity index (χ1) is 14.4. The molecule has 2 aliphatic rings. The maximum absolute atomic E-state index is 13.2. The Hall–Kier alpha value is -3.10. The molecule has 0 radical (unpaired) electrons. The van der Waals surface area contributed by atoms with E-state index in [1.54, 1.807) is 34.3 Å². The highest BCUT2D eigenvalue weighted by Crippen LogP contribution is 2.38.